The fourth-order valence-electron chi connectivity index (χ4n) is 2.42. The number of piperidine rings is 1. The Morgan fingerprint density at radius 3 is 2.72 bits per heavy atom. The zero-order valence-electron chi connectivity index (χ0n) is 10.2. The first-order valence-electron chi connectivity index (χ1n) is 6.31. The Kier molecular flexibility index (Phi) is 3.50. The molecule has 94 valence electrons. The van der Waals surface area contributed by atoms with Crippen LogP contribution in [-0.4, -0.2) is 28.0 Å². The van der Waals surface area contributed by atoms with Crippen LogP contribution in [0.3, 0.4) is 0 Å². The van der Waals surface area contributed by atoms with Crippen molar-refractivity contribution in [3.63, 3.8) is 0 Å². The summed E-state index contributed by atoms with van der Waals surface area (Å²) in [5, 5.41) is 3.33. The van der Waals surface area contributed by atoms with Gasteiger partial charge in [-0.25, -0.2) is 9.97 Å². The molecule has 18 heavy (non-hydrogen) atoms. The predicted molar refractivity (Wildman–Crippen MR) is 72.8 cm³/mol. The van der Waals surface area contributed by atoms with Gasteiger partial charge in [0.15, 0.2) is 0 Å². The molecule has 2 aromatic heterocycles. The molecule has 0 amide bonds. The summed E-state index contributed by atoms with van der Waals surface area (Å²) in [6.45, 7) is 2.16. The van der Waals surface area contributed by atoms with Gasteiger partial charge >= 0.3 is 0 Å². The lowest BCUT2D eigenvalue weighted by atomic mass is 9.94. The van der Waals surface area contributed by atoms with Crippen molar-refractivity contribution in [3.05, 3.63) is 35.2 Å². The van der Waals surface area contributed by atoms with E-state index in [-0.39, 0.29) is 0 Å². The summed E-state index contributed by atoms with van der Waals surface area (Å²) < 4.78 is 0. The molecule has 0 spiro atoms. The normalized spacial score (nSPS) is 17.0. The van der Waals surface area contributed by atoms with Crippen LogP contribution in [0.2, 0.25) is 0 Å². The molecular weight excluding hydrogens is 244 g/mol. The fraction of sp³-hybridized carbons (Fsp3) is 0.462. The van der Waals surface area contributed by atoms with E-state index in [2.05, 4.69) is 25.2 Å². The van der Waals surface area contributed by atoms with E-state index in [0.29, 0.717) is 0 Å². The van der Waals surface area contributed by atoms with Crippen LogP contribution in [0.4, 0.5) is 5.82 Å². The van der Waals surface area contributed by atoms with Crippen LogP contribution >= 0.6 is 11.3 Å². The highest BCUT2D eigenvalue weighted by Gasteiger charge is 2.20. The SMILES string of the molecule is c1cnc(N2CCC(Cc3nccs3)CC2)cn1. The zero-order valence-corrected chi connectivity index (χ0v) is 11.0. The minimum absolute atomic E-state index is 0.768. The molecule has 1 fully saturated rings. The molecule has 1 aliphatic heterocycles. The van der Waals surface area contributed by atoms with Gasteiger partial charge in [-0.05, 0) is 18.8 Å². The molecule has 0 saturated carbocycles. The fourth-order valence-corrected chi connectivity index (χ4v) is 3.15. The third-order valence-corrected chi connectivity index (χ3v) is 4.24. The lowest BCUT2D eigenvalue weighted by Crippen LogP contribution is -2.34. The average molecular weight is 260 g/mol. The summed E-state index contributed by atoms with van der Waals surface area (Å²) in [6.07, 6.45) is 10.8. The van der Waals surface area contributed by atoms with Gasteiger partial charge in [-0.3, -0.25) is 4.98 Å². The smallest absolute Gasteiger partial charge is 0.147 e. The molecular formula is C13H16N4S. The van der Waals surface area contributed by atoms with E-state index in [1.165, 1.54) is 17.8 Å². The summed E-state index contributed by atoms with van der Waals surface area (Å²) in [4.78, 5) is 15.2. The number of anilines is 1. The van der Waals surface area contributed by atoms with Gasteiger partial charge < -0.3 is 4.90 Å². The van der Waals surface area contributed by atoms with Crippen molar-refractivity contribution in [1.29, 1.82) is 0 Å². The molecule has 3 rings (SSSR count). The second kappa shape index (κ2) is 5.44. The Morgan fingerprint density at radius 1 is 1.17 bits per heavy atom. The maximum absolute atomic E-state index is 4.37. The van der Waals surface area contributed by atoms with Gasteiger partial charge in [0, 0.05) is 43.5 Å². The van der Waals surface area contributed by atoms with Crippen molar-refractivity contribution >= 4 is 17.2 Å². The van der Waals surface area contributed by atoms with Crippen LogP contribution < -0.4 is 4.90 Å². The highest BCUT2D eigenvalue weighted by atomic mass is 32.1. The molecule has 5 heteroatoms. The first-order chi connectivity index (χ1) is 8.92. The maximum atomic E-state index is 4.37. The topological polar surface area (TPSA) is 41.9 Å². The molecule has 0 aromatic carbocycles. The quantitative estimate of drug-likeness (QED) is 0.850. The monoisotopic (exact) mass is 260 g/mol. The molecule has 0 N–H and O–H groups in total. The first-order valence-corrected chi connectivity index (χ1v) is 7.19. The van der Waals surface area contributed by atoms with Crippen molar-refractivity contribution in [3.8, 4) is 0 Å². The van der Waals surface area contributed by atoms with Crippen LogP contribution in [-0.2, 0) is 6.42 Å². The van der Waals surface area contributed by atoms with Gasteiger partial charge in [-0.2, -0.15) is 0 Å². The van der Waals surface area contributed by atoms with Gasteiger partial charge in [0.25, 0.3) is 0 Å². The molecule has 1 aliphatic rings. The summed E-state index contributed by atoms with van der Waals surface area (Å²) >= 11 is 1.77. The van der Waals surface area contributed by atoms with E-state index >= 15 is 0 Å². The number of aromatic nitrogens is 3. The first kappa shape index (κ1) is 11.6. The van der Waals surface area contributed by atoms with E-state index in [1.54, 1.807) is 23.7 Å². The lowest BCUT2D eigenvalue weighted by molar-refractivity contribution is 0.401. The molecule has 3 heterocycles. The molecule has 0 unspecified atom stereocenters. The molecule has 0 atom stereocenters. The molecule has 0 bridgehead atoms. The van der Waals surface area contributed by atoms with E-state index in [4.69, 9.17) is 0 Å². The molecule has 0 radical (unpaired) electrons. The number of hydrogen-bond acceptors (Lipinski definition) is 5. The molecule has 2 aromatic rings. The van der Waals surface area contributed by atoms with Crippen LogP contribution in [0.5, 0.6) is 0 Å². The number of hydrogen-bond donors (Lipinski definition) is 0. The van der Waals surface area contributed by atoms with E-state index in [0.717, 1.165) is 31.2 Å². The minimum Gasteiger partial charge on any atom is -0.355 e. The van der Waals surface area contributed by atoms with Gasteiger partial charge in [-0.15, -0.1) is 11.3 Å². The highest BCUT2D eigenvalue weighted by Crippen LogP contribution is 2.24. The maximum Gasteiger partial charge on any atom is 0.147 e. The summed E-state index contributed by atoms with van der Waals surface area (Å²) in [5.74, 6) is 1.77. The van der Waals surface area contributed by atoms with Gasteiger partial charge in [0.05, 0.1) is 11.2 Å². The van der Waals surface area contributed by atoms with Gasteiger partial charge in [0.1, 0.15) is 5.82 Å². The summed E-state index contributed by atoms with van der Waals surface area (Å²) in [6, 6.07) is 0. The lowest BCUT2D eigenvalue weighted by Gasteiger charge is -2.32. The van der Waals surface area contributed by atoms with Crippen molar-refractivity contribution < 1.29 is 0 Å². The van der Waals surface area contributed by atoms with Crippen molar-refractivity contribution in [2.45, 2.75) is 19.3 Å². The van der Waals surface area contributed by atoms with E-state index < -0.39 is 0 Å². The average Bonchev–Trinajstić information content (AvgIpc) is 2.94. The Bertz CT molecular complexity index is 463. The van der Waals surface area contributed by atoms with Gasteiger partial charge in [0.2, 0.25) is 0 Å². The molecule has 0 aliphatic carbocycles. The van der Waals surface area contributed by atoms with Crippen molar-refractivity contribution in [1.82, 2.24) is 15.0 Å². The highest BCUT2D eigenvalue weighted by molar-refractivity contribution is 7.09. The Hall–Kier alpha value is -1.49. The Morgan fingerprint density at radius 2 is 2.06 bits per heavy atom. The van der Waals surface area contributed by atoms with Crippen molar-refractivity contribution in [2.75, 3.05) is 18.0 Å². The van der Waals surface area contributed by atoms with Crippen LogP contribution in [0.25, 0.3) is 0 Å². The van der Waals surface area contributed by atoms with Gasteiger partial charge in [-0.1, -0.05) is 0 Å². The summed E-state index contributed by atoms with van der Waals surface area (Å²) in [7, 11) is 0. The molecule has 1 saturated heterocycles. The number of thiazole rings is 1. The third kappa shape index (κ3) is 2.67. The second-order valence-electron chi connectivity index (χ2n) is 4.62. The van der Waals surface area contributed by atoms with Crippen LogP contribution in [0.1, 0.15) is 17.8 Å². The largest absolute Gasteiger partial charge is 0.355 e. The minimum atomic E-state index is 0.768. The summed E-state index contributed by atoms with van der Waals surface area (Å²) in [5.41, 5.74) is 0. The van der Waals surface area contributed by atoms with E-state index in [9.17, 15) is 0 Å². The third-order valence-electron chi connectivity index (χ3n) is 3.43. The van der Waals surface area contributed by atoms with Crippen LogP contribution in [0.15, 0.2) is 30.2 Å². The Labute approximate surface area is 111 Å². The standard InChI is InChI=1S/C13H16N4S/c1-6-17(12-10-14-3-4-15-12)7-2-11(1)9-13-16-5-8-18-13/h3-5,8,10-11H,1-2,6-7,9H2. The number of rotatable bonds is 3. The number of nitrogens with zero attached hydrogens (tertiary/aromatic N) is 4. The molecule has 4 nitrogen and oxygen atoms in total. The van der Waals surface area contributed by atoms with Crippen molar-refractivity contribution in [2.24, 2.45) is 5.92 Å². The van der Waals surface area contributed by atoms with Crippen LogP contribution in [0, 0.1) is 5.92 Å². The Balaban J connectivity index is 1.55. The second-order valence-corrected chi connectivity index (χ2v) is 5.60. The predicted octanol–water partition coefficient (Wildman–Crippen LogP) is 2.39. The zero-order chi connectivity index (χ0) is 12.2. The van der Waals surface area contributed by atoms with E-state index in [1.807, 2.05) is 12.4 Å².